The summed E-state index contributed by atoms with van der Waals surface area (Å²) in [5.41, 5.74) is 1.81. The van der Waals surface area contributed by atoms with Gasteiger partial charge in [0.1, 0.15) is 5.69 Å². The van der Waals surface area contributed by atoms with Crippen LogP contribution in [0.3, 0.4) is 0 Å². The molecule has 0 amide bonds. The predicted molar refractivity (Wildman–Crippen MR) is 88.3 cm³/mol. The third kappa shape index (κ3) is 2.43. The first kappa shape index (κ1) is 14.5. The largest absolute Gasteiger partial charge is 0.300 e. The van der Waals surface area contributed by atoms with Crippen LogP contribution in [0.1, 0.15) is 31.7 Å². The molecule has 0 N–H and O–H groups in total. The van der Waals surface area contributed by atoms with Gasteiger partial charge in [0, 0.05) is 17.6 Å². The van der Waals surface area contributed by atoms with Gasteiger partial charge >= 0.3 is 0 Å². The molecule has 2 bridgehead atoms. The molecule has 22 heavy (non-hydrogen) atoms. The Bertz CT molecular complexity index is 685. The third-order valence-corrected chi connectivity index (χ3v) is 5.91. The highest BCUT2D eigenvalue weighted by molar-refractivity contribution is 6.42. The van der Waals surface area contributed by atoms with Gasteiger partial charge in [-0.15, -0.1) is 5.10 Å². The number of hydrogen-bond acceptors (Lipinski definition) is 3. The molecule has 116 valence electrons. The maximum absolute atomic E-state index is 6.09. The van der Waals surface area contributed by atoms with Crippen molar-refractivity contribution in [1.82, 2.24) is 19.9 Å². The van der Waals surface area contributed by atoms with Gasteiger partial charge in [-0.25, -0.2) is 4.68 Å². The molecule has 2 aliphatic heterocycles. The number of rotatable bonds is 2. The molecule has 0 aliphatic carbocycles. The Morgan fingerprint density at radius 2 is 1.77 bits per heavy atom. The fourth-order valence-electron chi connectivity index (χ4n) is 3.84. The van der Waals surface area contributed by atoms with Crippen LogP contribution in [-0.4, -0.2) is 39.0 Å². The van der Waals surface area contributed by atoms with E-state index in [-0.39, 0.29) is 0 Å². The highest BCUT2D eigenvalue weighted by atomic mass is 35.5. The van der Waals surface area contributed by atoms with Crippen molar-refractivity contribution in [2.45, 2.75) is 43.8 Å². The van der Waals surface area contributed by atoms with E-state index in [1.165, 1.54) is 12.8 Å². The van der Waals surface area contributed by atoms with Gasteiger partial charge in [0.15, 0.2) is 0 Å². The van der Waals surface area contributed by atoms with Crippen LogP contribution >= 0.6 is 23.2 Å². The van der Waals surface area contributed by atoms with Gasteiger partial charge in [-0.2, -0.15) is 0 Å². The molecular weight excluding hydrogens is 319 g/mol. The van der Waals surface area contributed by atoms with Crippen molar-refractivity contribution < 1.29 is 0 Å². The molecule has 2 fully saturated rings. The van der Waals surface area contributed by atoms with Crippen LogP contribution in [0.5, 0.6) is 0 Å². The van der Waals surface area contributed by atoms with E-state index in [9.17, 15) is 0 Å². The first-order valence-electron chi connectivity index (χ1n) is 7.71. The fourth-order valence-corrected chi connectivity index (χ4v) is 4.14. The van der Waals surface area contributed by atoms with E-state index in [1.807, 2.05) is 23.0 Å². The van der Waals surface area contributed by atoms with Crippen molar-refractivity contribution in [2.75, 3.05) is 7.05 Å². The Kier molecular flexibility index (Phi) is 3.63. The van der Waals surface area contributed by atoms with Crippen LogP contribution in [0.2, 0.25) is 10.0 Å². The number of hydrogen-bond donors (Lipinski definition) is 0. The maximum atomic E-state index is 6.09. The second-order valence-electron chi connectivity index (χ2n) is 6.39. The van der Waals surface area contributed by atoms with Gasteiger partial charge in [0.25, 0.3) is 0 Å². The van der Waals surface area contributed by atoms with Crippen LogP contribution in [0.25, 0.3) is 11.3 Å². The molecule has 0 unspecified atom stereocenters. The molecule has 4 nitrogen and oxygen atoms in total. The topological polar surface area (TPSA) is 34.0 Å². The van der Waals surface area contributed by atoms with Crippen molar-refractivity contribution in [2.24, 2.45) is 0 Å². The zero-order valence-electron chi connectivity index (χ0n) is 12.4. The molecule has 1 aromatic carbocycles. The first-order chi connectivity index (χ1) is 10.6. The summed E-state index contributed by atoms with van der Waals surface area (Å²) >= 11 is 12.1. The summed E-state index contributed by atoms with van der Waals surface area (Å²) in [7, 11) is 2.25. The van der Waals surface area contributed by atoms with E-state index in [0.29, 0.717) is 28.2 Å². The smallest absolute Gasteiger partial charge is 0.113 e. The van der Waals surface area contributed by atoms with E-state index < -0.39 is 0 Å². The van der Waals surface area contributed by atoms with Crippen LogP contribution in [0.4, 0.5) is 0 Å². The normalized spacial score (nSPS) is 28.2. The Labute approximate surface area is 140 Å². The zero-order chi connectivity index (χ0) is 15.3. The molecule has 3 heterocycles. The van der Waals surface area contributed by atoms with Crippen LogP contribution < -0.4 is 0 Å². The number of halogens is 2. The van der Waals surface area contributed by atoms with E-state index in [1.54, 1.807) is 6.07 Å². The standard InChI is InChI=1S/C16H18Cl2N4/c1-21-11-3-4-12(21)8-13(7-11)22-9-16(19-20-22)10-2-5-14(17)15(18)6-10/h2,5-6,9,11-13H,3-4,7-8H2,1H3/t11-,12-/m1/s1. The Morgan fingerprint density at radius 1 is 1.05 bits per heavy atom. The quantitative estimate of drug-likeness (QED) is 0.829. The minimum atomic E-state index is 0.456. The van der Waals surface area contributed by atoms with Gasteiger partial charge in [-0.3, -0.25) is 0 Å². The first-order valence-corrected chi connectivity index (χ1v) is 8.46. The highest BCUT2D eigenvalue weighted by Gasteiger charge is 2.39. The Balaban J connectivity index is 1.58. The monoisotopic (exact) mass is 336 g/mol. The van der Waals surface area contributed by atoms with Crippen molar-refractivity contribution in [1.29, 1.82) is 0 Å². The van der Waals surface area contributed by atoms with E-state index in [2.05, 4.69) is 22.3 Å². The summed E-state index contributed by atoms with van der Waals surface area (Å²) in [6.07, 6.45) is 6.99. The molecule has 2 aliphatic rings. The van der Waals surface area contributed by atoms with Gasteiger partial charge in [0.2, 0.25) is 0 Å². The van der Waals surface area contributed by atoms with Crippen LogP contribution in [-0.2, 0) is 0 Å². The SMILES string of the molecule is CN1[C@@H]2CC[C@@H]1CC(n1cc(-c3ccc(Cl)c(Cl)c3)nn1)C2. The van der Waals surface area contributed by atoms with E-state index >= 15 is 0 Å². The number of aromatic nitrogens is 3. The molecule has 2 atom stereocenters. The molecule has 4 rings (SSSR count). The highest BCUT2D eigenvalue weighted by Crippen LogP contribution is 2.39. The van der Waals surface area contributed by atoms with Crippen LogP contribution in [0.15, 0.2) is 24.4 Å². The fraction of sp³-hybridized carbons (Fsp3) is 0.500. The lowest BCUT2D eigenvalue weighted by atomic mass is 9.98. The molecule has 2 saturated heterocycles. The number of piperidine rings is 1. The van der Waals surface area contributed by atoms with Gasteiger partial charge in [0.05, 0.1) is 22.3 Å². The van der Waals surface area contributed by atoms with Crippen molar-refractivity contribution in [3.63, 3.8) is 0 Å². The van der Waals surface area contributed by atoms with Crippen molar-refractivity contribution in [3.05, 3.63) is 34.4 Å². The Hall–Kier alpha value is -1.10. The zero-order valence-corrected chi connectivity index (χ0v) is 13.9. The lowest BCUT2D eigenvalue weighted by Gasteiger charge is -2.36. The summed E-state index contributed by atoms with van der Waals surface area (Å²) < 4.78 is 2.04. The predicted octanol–water partition coefficient (Wildman–Crippen LogP) is 4.05. The average molecular weight is 337 g/mol. The summed E-state index contributed by atoms with van der Waals surface area (Å²) in [5.74, 6) is 0. The molecular formula is C16H18Cl2N4. The third-order valence-electron chi connectivity index (χ3n) is 5.17. The van der Waals surface area contributed by atoms with E-state index in [0.717, 1.165) is 24.1 Å². The summed E-state index contributed by atoms with van der Waals surface area (Å²) in [5, 5.41) is 9.79. The Morgan fingerprint density at radius 3 is 2.45 bits per heavy atom. The van der Waals surface area contributed by atoms with Crippen molar-refractivity contribution >= 4 is 23.2 Å². The van der Waals surface area contributed by atoms with E-state index in [4.69, 9.17) is 23.2 Å². The molecule has 0 radical (unpaired) electrons. The summed E-state index contributed by atoms with van der Waals surface area (Å²) in [6, 6.07) is 7.42. The molecule has 1 aromatic heterocycles. The minimum Gasteiger partial charge on any atom is -0.300 e. The molecule has 0 spiro atoms. The van der Waals surface area contributed by atoms with Gasteiger partial charge in [-0.05, 0) is 44.9 Å². The average Bonchev–Trinajstić information content (AvgIpc) is 3.05. The second-order valence-corrected chi connectivity index (χ2v) is 7.20. The number of nitrogens with zero attached hydrogens (tertiary/aromatic N) is 4. The molecule has 2 aromatic rings. The van der Waals surface area contributed by atoms with Gasteiger partial charge < -0.3 is 4.90 Å². The lowest BCUT2D eigenvalue weighted by molar-refractivity contribution is 0.130. The lowest BCUT2D eigenvalue weighted by Crippen LogP contribution is -2.40. The minimum absolute atomic E-state index is 0.456. The molecule has 6 heteroatoms. The number of benzene rings is 1. The second kappa shape index (κ2) is 5.52. The van der Waals surface area contributed by atoms with Crippen molar-refractivity contribution in [3.8, 4) is 11.3 Å². The number of fused-ring (bicyclic) bond motifs is 2. The summed E-state index contributed by atoms with van der Waals surface area (Å²) in [6.45, 7) is 0. The maximum Gasteiger partial charge on any atom is 0.113 e. The summed E-state index contributed by atoms with van der Waals surface area (Å²) in [4.78, 5) is 2.54. The van der Waals surface area contributed by atoms with Crippen LogP contribution in [0, 0.1) is 0 Å². The van der Waals surface area contributed by atoms with Gasteiger partial charge in [-0.1, -0.05) is 34.5 Å². The molecule has 0 saturated carbocycles.